The van der Waals surface area contributed by atoms with Crippen molar-refractivity contribution < 1.29 is 14.7 Å². The van der Waals surface area contributed by atoms with Gasteiger partial charge in [-0.3, -0.25) is 0 Å². The second-order valence-corrected chi connectivity index (χ2v) is 7.79. The fourth-order valence-corrected chi connectivity index (χ4v) is 3.73. The van der Waals surface area contributed by atoms with E-state index in [2.05, 4.69) is 42.1 Å². The number of oxime groups is 1. The summed E-state index contributed by atoms with van der Waals surface area (Å²) < 4.78 is 5.24. The van der Waals surface area contributed by atoms with Crippen LogP contribution in [0.3, 0.4) is 0 Å². The zero-order valence-corrected chi connectivity index (χ0v) is 18.4. The molecule has 1 aliphatic carbocycles. The predicted molar refractivity (Wildman–Crippen MR) is 120 cm³/mol. The summed E-state index contributed by atoms with van der Waals surface area (Å²) in [6, 6.07) is 8.08. The molecule has 1 saturated carbocycles. The van der Waals surface area contributed by atoms with Crippen molar-refractivity contribution in [3.8, 4) is 5.75 Å². The van der Waals surface area contributed by atoms with E-state index in [1.807, 2.05) is 12.1 Å². The predicted octanol–water partition coefficient (Wildman–Crippen LogP) is 4.90. The molecule has 0 aliphatic heterocycles. The van der Waals surface area contributed by atoms with Gasteiger partial charge in [-0.05, 0) is 81.0 Å². The molecule has 5 nitrogen and oxygen atoms in total. The number of nitrogens with zero attached hydrogens (tertiary/aromatic N) is 2. The summed E-state index contributed by atoms with van der Waals surface area (Å²) in [5.74, 6) is 0.861. The Labute approximate surface area is 176 Å². The van der Waals surface area contributed by atoms with Gasteiger partial charge >= 0.3 is 0 Å². The minimum atomic E-state index is -0.516. The molecule has 29 heavy (non-hydrogen) atoms. The van der Waals surface area contributed by atoms with E-state index in [1.54, 1.807) is 7.11 Å². The van der Waals surface area contributed by atoms with Crippen LogP contribution in [0, 0.1) is 0 Å². The maximum Gasteiger partial charge on any atom is 0.144 e. The number of aliphatic hydroxyl groups excluding tert-OH is 1. The Balaban J connectivity index is 1.98. The standard InChI is InChI=1S/C24H38N2O3/c1-4-15-26(16-5-2)18-22(27)19-29-25-24-10-8-6-7-9-21(24)17-20-11-13-23(28-3)14-12-20/h11-14,17,22,27H,4-10,15-16,18-19H2,1-3H3/b21-17+,25-24+/t22-/m0/s1. The highest BCUT2D eigenvalue weighted by atomic mass is 16.6. The van der Waals surface area contributed by atoms with Crippen molar-refractivity contribution in [3.63, 3.8) is 0 Å². The number of aliphatic hydroxyl groups is 1. The van der Waals surface area contributed by atoms with Crippen molar-refractivity contribution in [2.45, 2.75) is 64.9 Å². The van der Waals surface area contributed by atoms with Gasteiger partial charge in [-0.25, -0.2) is 0 Å². The molecule has 1 N–H and O–H groups in total. The molecule has 1 fully saturated rings. The minimum absolute atomic E-state index is 0.239. The van der Waals surface area contributed by atoms with Crippen LogP contribution >= 0.6 is 0 Å². The number of methoxy groups -OCH3 is 1. The van der Waals surface area contributed by atoms with Crippen LogP contribution in [0.25, 0.3) is 6.08 Å². The zero-order valence-electron chi connectivity index (χ0n) is 18.4. The first-order chi connectivity index (χ1) is 14.2. The zero-order chi connectivity index (χ0) is 20.9. The minimum Gasteiger partial charge on any atom is -0.497 e. The number of rotatable bonds is 11. The normalized spacial score (nSPS) is 18.8. The van der Waals surface area contributed by atoms with Gasteiger partial charge in [0.1, 0.15) is 18.5 Å². The summed E-state index contributed by atoms with van der Waals surface area (Å²) >= 11 is 0. The molecule has 1 aliphatic rings. The Morgan fingerprint density at radius 3 is 2.41 bits per heavy atom. The second kappa shape index (κ2) is 13.4. The lowest BCUT2D eigenvalue weighted by atomic mass is 10.0. The monoisotopic (exact) mass is 402 g/mol. The van der Waals surface area contributed by atoms with E-state index in [1.165, 1.54) is 18.4 Å². The third-order valence-electron chi connectivity index (χ3n) is 5.18. The molecule has 5 heteroatoms. The van der Waals surface area contributed by atoms with Crippen LogP contribution in [0.1, 0.15) is 64.4 Å². The number of ether oxygens (including phenoxy) is 1. The van der Waals surface area contributed by atoms with Gasteiger partial charge < -0.3 is 19.6 Å². The molecule has 162 valence electrons. The molecule has 0 spiro atoms. The maximum atomic E-state index is 10.3. The van der Waals surface area contributed by atoms with Crippen molar-refractivity contribution in [2.24, 2.45) is 5.16 Å². The van der Waals surface area contributed by atoms with Crippen LogP contribution in [-0.2, 0) is 4.84 Å². The highest BCUT2D eigenvalue weighted by Gasteiger charge is 2.15. The largest absolute Gasteiger partial charge is 0.497 e. The lowest BCUT2D eigenvalue weighted by Crippen LogP contribution is -2.35. The molecular weight excluding hydrogens is 364 g/mol. The van der Waals surface area contributed by atoms with Gasteiger partial charge in [-0.1, -0.05) is 37.6 Å². The molecular formula is C24H38N2O3. The van der Waals surface area contributed by atoms with Gasteiger partial charge in [0.15, 0.2) is 0 Å². The van der Waals surface area contributed by atoms with Crippen molar-refractivity contribution in [1.29, 1.82) is 0 Å². The molecule has 0 unspecified atom stereocenters. The maximum absolute atomic E-state index is 10.3. The summed E-state index contributed by atoms with van der Waals surface area (Å²) in [6.07, 6.45) is 9.33. The van der Waals surface area contributed by atoms with Gasteiger partial charge in [0.2, 0.25) is 0 Å². The molecule has 0 bridgehead atoms. The van der Waals surface area contributed by atoms with Crippen molar-refractivity contribution in [1.82, 2.24) is 4.90 Å². The Morgan fingerprint density at radius 2 is 1.76 bits per heavy atom. The number of hydrogen-bond donors (Lipinski definition) is 1. The molecule has 0 radical (unpaired) electrons. The van der Waals surface area contributed by atoms with Gasteiger partial charge in [0.25, 0.3) is 0 Å². The first-order valence-corrected chi connectivity index (χ1v) is 11.1. The molecule has 0 aromatic heterocycles. The van der Waals surface area contributed by atoms with E-state index in [9.17, 15) is 5.11 Å². The molecule has 0 amide bonds. The lowest BCUT2D eigenvalue weighted by molar-refractivity contribution is 0.0188. The molecule has 1 aromatic carbocycles. The lowest BCUT2D eigenvalue weighted by Gasteiger charge is -2.23. The summed E-state index contributed by atoms with van der Waals surface area (Å²) in [5, 5.41) is 14.8. The van der Waals surface area contributed by atoms with E-state index >= 15 is 0 Å². The Hall–Kier alpha value is -1.85. The van der Waals surface area contributed by atoms with Gasteiger partial charge in [-0.2, -0.15) is 0 Å². The molecule has 2 rings (SSSR count). The molecule has 0 heterocycles. The Kier molecular flexibility index (Phi) is 10.8. The van der Waals surface area contributed by atoms with Crippen LogP contribution in [-0.4, -0.2) is 55.2 Å². The van der Waals surface area contributed by atoms with E-state index < -0.39 is 6.10 Å². The van der Waals surface area contributed by atoms with E-state index in [0.717, 1.165) is 62.2 Å². The number of allylic oxidation sites excluding steroid dienone is 1. The SMILES string of the molecule is CCCN(CCC)C[C@H](O)CO/N=C1\CCCCC\C1=C/c1ccc(OC)cc1. The third-order valence-corrected chi connectivity index (χ3v) is 5.18. The van der Waals surface area contributed by atoms with Gasteiger partial charge in [-0.15, -0.1) is 0 Å². The fourth-order valence-electron chi connectivity index (χ4n) is 3.73. The van der Waals surface area contributed by atoms with Crippen LogP contribution in [0.4, 0.5) is 0 Å². The summed E-state index contributed by atoms with van der Waals surface area (Å²) in [6.45, 7) is 7.23. The van der Waals surface area contributed by atoms with Crippen LogP contribution in [0.5, 0.6) is 5.75 Å². The Morgan fingerprint density at radius 1 is 1.07 bits per heavy atom. The number of benzene rings is 1. The average Bonchev–Trinajstić information content (AvgIpc) is 2.94. The van der Waals surface area contributed by atoms with Crippen LogP contribution < -0.4 is 4.74 Å². The Bertz CT molecular complexity index is 634. The smallest absolute Gasteiger partial charge is 0.144 e. The second-order valence-electron chi connectivity index (χ2n) is 7.79. The molecule has 1 atom stereocenters. The third kappa shape index (κ3) is 8.58. The summed E-state index contributed by atoms with van der Waals surface area (Å²) in [5.41, 5.74) is 3.40. The van der Waals surface area contributed by atoms with Crippen molar-refractivity contribution in [3.05, 3.63) is 35.4 Å². The highest BCUT2D eigenvalue weighted by molar-refractivity contribution is 6.03. The first-order valence-electron chi connectivity index (χ1n) is 11.1. The molecule has 1 aromatic rings. The fraction of sp³-hybridized carbons (Fsp3) is 0.625. The average molecular weight is 403 g/mol. The number of hydrogen-bond acceptors (Lipinski definition) is 5. The van der Waals surface area contributed by atoms with E-state index in [4.69, 9.17) is 9.57 Å². The van der Waals surface area contributed by atoms with Gasteiger partial charge in [0, 0.05) is 6.54 Å². The first kappa shape index (κ1) is 23.4. The van der Waals surface area contributed by atoms with Crippen LogP contribution in [0.2, 0.25) is 0 Å². The summed E-state index contributed by atoms with van der Waals surface area (Å²) in [4.78, 5) is 7.90. The topological polar surface area (TPSA) is 54.3 Å². The van der Waals surface area contributed by atoms with Crippen molar-refractivity contribution in [2.75, 3.05) is 33.4 Å². The van der Waals surface area contributed by atoms with E-state index in [-0.39, 0.29) is 6.61 Å². The quantitative estimate of drug-likeness (QED) is 0.423. The van der Waals surface area contributed by atoms with Crippen LogP contribution in [0.15, 0.2) is 35.0 Å². The molecule has 0 saturated heterocycles. The van der Waals surface area contributed by atoms with Crippen molar-refractivity contribution >= 4 is 11.8 Å². The van der Waals surface area contributed by atoms with Gasteiger partial charge in [0.05, 0.1) is 12.8 Å². The summed E-state index contributed by atoms with van der Waals surface area (Å²) in [7, 11) is 1.68. The van der Waals surface area contributed by atoms with E-state index in [0.29, 0.717) is 6.54 Å². The highest BCUT2D eigenvalue weighted by Crippen LogP contribution is 2.24.